The standard InChI is InChI=1S/C7H15N.2C6H13N.C5H11NO.C4H9NO2.C3H9N/c1-3-5-6-7-8-4-2;1-3-5-6-7-4-2;1-3-5-7-6-4-2;1-3-4-6-5(2)7;1-3-7-4(6)5-2;1-2-3-4/h4H,3,5-7H2,1-2H3;4H,3,5-6H2,1-2H3;5H,3-4,6H2,1-2H3;3-4H2,1-2H3,(H,6,7);3H2,1-2H3,(H,5,6);2-4H2,1H3. The predicted octanol–water partition coefficient (Wildman–Crippen LogP) is 7.27. The van der Waals surface area contributed by atoms with Crippen molar-refractivity contribution >= 4 is 30.6 Å². The highest BCUT2D eigenvalue weighted by Crippen LogP contribution is 1.92. The molecule has 40 heavy (non-hydrogen) atoms. The number of aliphatic imine (C=N–C) groups is 3. The molecule has 0 aromatic carbocycles. The number of hydrogen-bond donors (Lipinski definition) is 3. The molecule has 2 amide bonds. The van der Waals surface area contributed by atoms with Crippen molar-refractivity contribution in [2.75, 3.05) is 46.4 Å². The summed E-state index contributed by atoms with van der Waals surface area (Å²) in [5.41, 5.74) is 5.03. The van der Waals surface area contributed by atoms with Crippen LogP contribution < -0.4 is 16.4 Å². The van der Waals surface area contributed by atoms with E-state index in [1.165, 1.54) is 46.1 Å². The van der Waals surface area contributed by atoms with Crippen molar-refractivity contribution in [1.29, 1.82) is 0 Å². The van der Waals surface area contributed by atoms with Gasteiger partial charge in [0.15, 0.2) is 0 Å². The number of nitrogens with one attached hydrogen (secondary N) is 2. The molecule has 0 aliphatic rings. The second-order valence-corrected chi connectivity index (χ2v) is 8.13. The van der Waals surface area contributed by atoms with E-state index >= 15 is 0 Å². The van der Waals surface area contributed by atoms with Crippen molar-refractivity contribution in [2.45, 2.75) is 127 Å². The van der Waals surface area contributed by atoms with Gasteiger partial charge in [0.1, 0.15) is 0 Å². The summed E-state index contributed by atoms with van der Waals surface area (Å²) in [6.45, 7) is 25.0. The summed E-state index contributed by atoms with van der Waals surface area (Å²) in [4.78, 5) is 32.4. The van der Waals surface area contributed by atoms with Gasteiger partial charge in [-0.2, -0.15) is 0 Å². The van der Waals surface area contributed by atoms with Gasteiger partial charge in [0.2, 0.25) is 5.91 Å². The van der Waals surface area contributed by atoms with Crippen molar-refractivity contribution in [3.63, 3.8) is 0 Å². The minimum absolute atomic E-state index is 0.0573. The van der Waals surface area contributed by atoms with Gasteiger partial charge in [-0.15, -0.1) is 0 Å². The molecular weight excluding hydrogens is 504 g/mol. The maximum absolute atomic E-state index is 10.1. The minimum Gasteiger partial charge on any atom is -0.450 e. The average molecular weight is 575 g/mol. The van der Waals surface area contributed by atoms with Crippen LogP contribution in [0, 0.1) is 0 Å². The first kappa shape index (κ1) is 50.5. The SMILES string of the molecule is CC=NCCCC.CC=NCCCCC.CCC=NCCC.CCCN.CCCNC(C)=O.CCOC(=O)NC. The highest BCUT2D eigenvalue weighted by atomic mass is 16.5. The topological polar surface area (TPSA) is 131 Å². The molecule has 0 saturated carbocycles. The first-order valence-electron chi connectivity index (χ1n) is 15.4. The fourth-order valence-electron chi connectivity index (χ4n) is 1.81. The van der Waals surface area contributed by atoms with Gasteiger partial charge in [0.05, 0.1) is 6.61 Å². The second kappa shape index (κ2) is 61.0. The minimum atomic E-state index is -0.373. The van der Waals surface area contributed by atoms with Crippen LogP contribution in [-0.2, 0) is 9.53 Å². The molecule has 0 aromatic heterocycles. The number of unbranched alkanes of at least 4 members (excludes halogenated alkanes) is 3. The number of rotatable bonds is 14. The van der Waals surface area contributed by atoms with Gasteiger partial charge >= 0.3 is 6.09 Å². The number of hydrogen-bond acceptors (Lipinski definition) is 7. The van der Waals surface area contributed by atoms with Crippen LogP contribution in [-0.4, -0.2) is 77.0 Å². The zero-order valence-corrected chi connectivity index (χ0v) is 28.5. The van der Waals surface area contributed by atoms with E-state index in [1.807, 2.05) is 39.4 Å². The number of ether oxygens (including phenoxy) is 1. The molecular formula is C31H70N6O3. The molecule has 0 rings (SSSR count). The lowest BCUT2D eigenvalue weighted by molar-refractivity contribution is -0.118. The second-order valence-electron chi connectivity index (χ2n) is 8.13. The molecule has 0 bridgehead atoms. The van der Waals surface area contributed by atoms with E-state index in [2.05, 4.69) is 65.0 Å². The Bertz CT molecular complexity index is 511. The number of carbonyl (C=O) groups excluding carboxylic acids is 2. The van der Waals surface area contributed by atoms with Gasteiger partial charge in [-0.3, -0.25) is 19.8 Å². The monoisotopic (exact) mass is 575 g/mol. The van der Waals surface area contributed by atoms with Gasteiger partial charge in [-0.25, -0.2) is 4.79 Å². The molecule has 9 nitrogen and oxygen atoms in total. The van der Waals surface area contributed by atoms with Crippen molar-refractivity contribution in [1.82, 2.24) is 10.6 Å². The van der Waals surface area contributed by atoms with E-state index in [4.69, 9.17) is 5.73 Å². The Morgan fingerprint density at radius 1 is 0.750 bits per heavy atom. The lowest BCUT2D eigenvalue weighted by atomic mass is 10.2. The molecule has 0 heterocycles. The Balaban J connectivity index is -0.0000000875. The number of nitrogens with zero attached hydrogens (tertiary/aromatic N) is 3. The summed E-state index contributed by atoms with van der Waals surface area (Å²) in [6, 6.07) is 0. The van der Waals surface area contributed by atoms with Crippen molar-refractivity contribution in [3.8, 4) is 0 Å². The molecule has 0 radical (unpaired) electrons. The first-order valence-corrected chi connectivity index (χ1v) is 15.4. The normalized spacial score (nSPS) is 9.40. The van der Waals surface area contributed by atoms with Crippen LogP contribution in [0.1, 0.15) is 127 Å². The zero-order chi connectivity index (χ0) is 32.1. The summed E-state index contributed by atoms with van der Waals surface area (Å²) >= 11 is 0. The smallest absolute Gasteiger partial charge is 0.406 e. The van der Waals surface area contributed by atoms with E-state index < -0.39 is 0 Å². The van der Waals surface area contributed by atoms with Crippen LogP contribution in [0.2, 0.25) is 0 Å². The van der Waals surface area contributed by atoms with Gasteiger partial charge in [-0.1, -0.05) is 60.8 Å². The van der Waals surface area contributed by atoms with E-state index in [0.717, 1.165) is 58.4 Å². The molecule has 0 saturated heterocycles. The largest absolute Gasteiger partial charge is 0.450 e. The van der Waals surface area contributed by atoms with Crippen LogP contribution in [0.4, 0.5) is 4.79 Å². The quantitative estimate of drug-likeness (QED) is 0.149. The molecule has 0 spiro atoms. The molecule has 0 aliphatic carbocycles. The van der Waals surface area contributed by atoms with E-state index in [1.54, 1.807) is 6.92 Å². The summed E-state index contributed by atoms with van der Waals surface area (Å²) in [6.07, 6.45) is 16.0. The summed E-state index contributed by atoms with van der Waals surface area (Å²) in [7, 11) is 1.53. The van der Waals surface area contributed by atoms with Gasteiger partial charge in [0.25, 0.3) is 0 Å². The molecule has 4 N–H and O–H groups in total. The molecule has 9 heteroatoms. The summed E-state index contributed by atoms with van der Waals surface area (Å²) < 4.78 is 4.44. The Kier molecular flexibility index (Phi) is 77.0. The van der Waals surface area contributed by atoms with Crippen LogP contribution in [0.5, 0.6) is 0 Å². The Hall–Kier alpha value is -2.29. The van der Waals surface area contributed by atoms with Crippen LogP contribution in [0.25, 0.3) is 0 Å². The molecule has 0 atom stereocenters. The molecule has 0 unspecified atom stereocenters. The third-order valence-corrected chi connectivity index (χ3v) is 3.95. The fourth-order valence-corrected chi connectivity index (χ4v) is 1.81. The maximum atomic E-state index is 10.1. The molecule has 242 valence electrons. The number of carbonyl (C=O) groups is 2. The third kappa shape index (κ3) is 100. The van der Waals surface area contributed by atoms with Crippen molar-refractivity contribution in [2.24, 2.45) is 20.7 Å². The first-order chi connectivity index (χ1) is 19.2. The van der Waals surface area contributed by atoms with Crippen LogP contribution in [0.3, 0.4) is 0 Å². The number of amides is 2. The highest BCUT2D eigenvalue weighted by Gasteiger charge is 1.89. The third-order valence-electron chi connectivity index (χ3n) is 3.95. The van der Waals surface area contributed by atoms with E-state index in [0.29, 0.717) is 6.61 Å². The van der Waals surface area contributed by atoms with Gasteiger partial charge in [-0.05, 0) is 84.5 Å². The Morgan fingerprint density at radius 3 is 1.55 bits per heavy atom. The predicted molar refractivity (Wildman–Crippen MR) is 181 cm³/mol. The number of alkyl carbamates (subject to hydrolysis) is 1. The highest BCUT2D eigenvalue weighted by molar-refractivity contribution is 5.72. The lowest BCUT2D eigenvalue weighted by Crippen LogP contribution is -2.19. The summed E-state index contributed by atoms with van der Waals surface area (Å²) in [5.74, 6) is 0.0573. The van der Waals surface area contributed by atoms with Crippen LogP contribution >= 0.6 is 0 Å². The van der Waals surface area contributed by atoms with E-state index in [-0.39, 0.29) is 12.0 Å². The number of nitrogens with two attached hydrogens (primary N) is 1. The molecule has 0 aromatic rings. The van der Waals surface area contributed by atoms with Gasteiger partial charge < -0.3 is 21.1 Å². The van der Waals surface area contributed by atoms with Crippen molar-refractivity contribution < 1.29 is 14.3 Å². The fraction of sp³-hybridized carbons (Fsp3) is 0.839. The molecule has 0 aliphatic heterocycles. The van der Waals surface area contributed by atoms with Crippen molar-refractivity contribution in [3.05, 3.63) is 0 Å². The maximum Gasteiger partial charge on any atom is 0.406 e. The van der Waals surface area contributed by atoms with Gasteiger partial charge in [0, 0.05) is 40.2 Å². The van der Waals surface area contributed by atoms with Crippen LogP contribution in [0.15, 0.2) is 15.0 Å². The molecule has 0 fully saturated rings. The Labute approximate surface area is 249 Å². The average Bonchev–Trinajstić information content (AvgIpc) is 2.96. The zero-order valence-electron chi connectivity index (χ0n) is 28.5. The Morgan fingerprint density at radius 2 is 1.27 bits per heavy atom. The lowest BCUT2D eigenvalue weighted by Gasteiger charge is -1.95. The van der Waals surface area contributed by atoms with E-state index in [9.17, 15) is 9.59 Å². The summed E-state index contributed by atoms with van der Waals surface area (Å²) in [5, 5.41) is 4.96.